The largest absolute Gasteiger partial charge is 0.383 e. The number of hydrogen-bond acceptors (Lipinski definition) is 4. The number of para-hydroxylation sites is 1. The molecule has 5 nitrogen and oxygen atoms in total. The number of nitrogens with one attached hydrogen (secondary N) is 1. The van der Waals surface area contributed by atoms with Crippen molar-refractivity contribution in [2.45, 2.75) is 6.54 Å². The minimum Gasteiger partial charge on any atom is -0.383 e. The lowest BCUT2D eigenvalue weighted by Crippen LogP contribution is -2.31. The van der Waals surface area contributed by atoms with Crippen molar-refractivity contribution in [3.05, 3.63) is 90.3 Å². The molecule has 138 valence electrons. The second-order valence-corrected chi connectivity index (χ2v) is 6.06. The van der Waals surface area contributed by atoms with Crippen molar-refractivity contribution in [1.29, 1.82) is 0 Å². The van der Waals surface area contributed by atoms with Gasteiger partial charge in [0, 0.05) is 19.3 Å². The number of benzene rings is 2. The van der Waals surface area contributed by atoms with Gasteiger partial charge in [0.15, 0.2) is 0 Å². The Hall–Kier alpha value is -3.18. The molecule has 0 radical (unpaired) electrons. The van der Waals surface area contributed by atoms with E-state index in [2.05, 4.69) is 10.3 Å². The molecule has 5 heteroatoms. The monoisotopic (exact) mass is 361 g/mol. The lowest BCUT2D eigenvalue weighted by molar-refractivity contribution is 0.0980. The zero-order chi connectivity index (χ0) is 18.9. The molecule has 0 saturated heterocycles. The number of methoxy groups -OCH3 is 1. The number of amides is 1. The molecule has 3 aromatic rings. The van der Waals surface area contributed by atoms with Gasteiger partial charge in [-0.1, -0.05) is 48.5 Å². The first-order valence-electron chi connectivity index (χ1n) is 8.87. The number of carbonyl (C=O) groups excluding carboxylic acids is 1. The lowest BCUT2D eigenvalue weighted by Gasteiger charge is -2.23. The topological polar surface area (TPSA) is 54.5 Å². The maximum atomic E-state index is 13.1. The van der Waals surface area contributed by atoms with Gasteiger partial charge in [-0.25, -0.2) is 4.98 Å². The van der Waals surface area contributed by atoms with Gasteiger partial charge in [-0.05, 0) is 29.8 Å². The van der Waals surface area contributed by atoms with Crippen LogP contribution in [0.1, 0.15) is 16.1 Å². The van der Waals surface area contributed by atoms with Crippen molar-refractivity contribution in [3.63, 3.8) is 0 Å². The summed E-state index contributed by atoms with van der Waals surface area (Å²) in [5.74, 6) is -0.131. The molecule has 2 aromatic carbocycles. The van der Waals surface area contributed by atoms with Crippen molar-refractivity contribution in [1.82, 2.24) is 4.98 Å². The van der Waals surface area contributed by atoms with Crippen molar-refractivity contribution in [2.24, 2.45) is 0 Å². The van der Waals surface area contributed by atoms with E-state index in [1.54, 1.807) is 24.3 Å². The number of carbonyl (C=O) groups is 1. The number of ether oxygens (including phenoxy) is 1. The number of pyridine rings is 1. The standard InChI is InChI=1S/C22H23N3O2/c1-27-15-14-23-19-12-13-21(24-16-19)22(26)25(20-10-6-3-7-11-20)17-18-8-4-2-5-9-18/h2-13,16,23H,14-15,17H2,1H3. The predicted molar refractivity (Wildman–Crippen MR) is 108 cm³/mol. The van der Waals surface area contributed by atoms with Gasteiger partial charge < -0.3 is 15.0 Å². The number of rotatable bonds is 8. The van der Waals surface area contributed by atoms with Crippen LogP contribution in [0.5, 0.6) is 0 Å². The van der Waals surface area contributed by atoms with E-state index in [0.717, 1.165) is 16.9 Å². The molecule has 1 heterocycles. The Labute approximate surface area is 159 Å². The Balaban J connectivity index is 1.80. The van der Waals surface area contributed by atoms with E-state index in [-0.39, 0.29) is 5.91 Å². The average Bonchev–Trinajstić information content (AvgIpc) is 2.74. The van der Waals surface area contributed by atoms with Crippen LogP contribution in [-0.4, -0.2) is 31.2 Å². The molecule has 3 rings (SSSR count). The Bertz CT molecular complexity index is 836. The zero-order valence-corrected chi connectivity index (χ0v) is 15.3. The van der Waals surface area contributed by atoms with Gasteiger partial charge in [0.1, 0.15) is 5.69 Å². The van der Waals surface area contributed by atoms with Crippen LogP contribution < -0.4 is 10.2 Å². The number of aromatic nitrogens is 1. The summed E-state index contributed by atoms with van der Waals surface area (Å²) < 4.78 is 5.02. The van der Waals surface area contributed by atoms with Crippen molar-refractivity contribution < 1.29 is 9.53 Å². The smallest absolute Gasteiger partial charge is 0.277 e. The van der Waals surface area contributed by atoms with E-state index in [9.17, 15) is 4.79 Å². The Morgan fingerprint density at radius 2 is 1.70 bits per heavy atom. The van der Waals surface area contributed by atoms with E-state index in [4.69, 9.17) is 4.74 Å². The van der Waals surface area contributed by atoms with Crippen LogP contribution in [0.25, 0.3) is 0 Å². The molecule has 0 fully saturated rings. The molecule has 0 aliphatic rings. The van der Waals surface area contributed by atoms with E-state index >= 15 is 0 Å². The number of nitrogens with zero attached hydrogens (tertiary/aromatic N) is 2. The van der Waals surface area contributed by atoms with Gasteiger partial charge in [0.2, 0.25) is 0 Å². The molecular weight excluding hydrogens is 338 g/mol. The van der Waals surface area contributed by atoms with E-state index in [1.807, 2.05) is 66.7 Å². The van der Waals surface area contributed by atoms with Gasteiger partial charge in [-0.2, -0.15) is 0 Å². The molecule has 0 saturated carbocycles. The second kappa shape index (κ2) is 9.50. The fourth-order valence-corrected chi connectivity index (χ4v) is 2.71. The molecule has 0 aliphatic carbocycles. The quantitative estimate of drug-likeness (QED) is 0.617. The lowest BCUT2D eigenvalue weighted by atomic mass is 10.1. The molecule has 0 aliphatic heterocycles. The average molecular weight is 361 g/mol. The van der Waals surface area contributed by atoms with Crippen LogP contribution >= 0.6 is 0 Å². The van der Waals surface area contributed by atoms with Crippen molar-refractivity contribution in [2.75, 3.05) is 30.5 Å². The van der Waals surface area contributed by atoms with Gasteiger partial charge in [0.05, 0.1) is 25.0 Å². The fraction of sp³-hybridized carbons (Fsp3) is 0.182. The maximum Gasteiger partial charge on any atom is 0.277 e. The van der Waals surface area contributed by atoms with Gasteiger partial charge >= 0.3 is 0 Å². The summed E-state index contributed by atoms with van der Waals surface area (Å²) in [6.07, 6.45) is 1.68. The molecule has 1 aromatic heterocycles. The highest BCUT2D eigenvalue weighted by Gasteiger charge is 2.19. The Morgan fingerprint density at radius 1 is 1.00 bits per heavy atom. The fourth-order valence-electron chi connectivity index (χ4n) is 2.71. The molecule has 0 unspecified atom stereocenters. The summed E-state index contributed by atoms with van der Waals surface area (Å²) in [7, 11) is 1.66. The number of hydrogen-bond donors (Lipinski definition) is 1. The first-order chi connectivity index (χ1) is 13.3. The van der Waals surface area contributed by atoms with Crippen molar-refractivity contribution in [3.8, 4) is 0 Å². The van der Waals surface area contributed by atoms with Crippen LogP contribution in [0, 0.1) is 0 Å². The van der Waals surface area contributed by atoms with Gasteiger partial charge in [0.25, 0.3) is 5.91 Å². The minimum atomic E-state index is -0.131. The summed E-state index contributed by atoms with van der Waals surface area (Å²) in [6, 6.07) is 23.2. The molecule has 0 spiro atoms. The first-order valence-corrected chi connectivity index (χ1v) is 8.87. The van der Waals surface area contributed by atoms with Crippen LogP contribution in [-0.2, 0) is 11.3 Å². The third kappa shape index (κ3) is 5.15. The minimum absolute atomic E-state index is 0.131. The SMILES string of the molecule is COCCNc1ccc(C(=O)N(Cc2ccccc2)c2ccccc2)nc1. The van der Waals surface area contributed by atoms with E-state index < -0.39 is 0 Å². The van der Waals surface area contributed by atoms with E-state index in [1.165, 1.54) is 0 Å². The third-order valence-electron chi connectivity index (χ3n) is 4.11. The van der Waals surface area contributed by atoms with Gasteiger partial charge in [-0.15, -0.1) is 0 Å². The third-order valence-corrected chi connectivity index (χ3v) is 4.11. The summed E-state index contributed by atoms with van der Waals surface area (Å²) in [6.45, 7) is 1.79. The molecule has 1 amide bonds. The van der Waals surface area contributed by atoms with Crippen LogP contribution in [0.4, 0.5) is 11.4 Å². The van der Waals surface area contributed by atoms with Crippen LogP contribution in [0.2, 0.25) is 0 Å². The maximum absolute atomic E-state index is 13.1. The summed E-state index contributed by atoms with van der Waals surface area (Å²) in [5, 5.41) is 3.20. The van der Waals surface area contributed by atoms with Gasteiger partial charge in [-0.3, -0.25) is 4.79 Å². The molecule has 27 heavy (non-hydrogen) atoms. The predicted octanol–water partition coefficient (Wildman–Crippen LogP) is 3.99. The van der Waals surface area contributed by atoms with Crippen LogP contribution in [0.15, 0.2) is 79.0 Å². The molecule has 1 N–H and O–H groups in total. The highest BCUT2D eigenvalue weighted by atomic mass is 16.5. The molecule has 0 atom stereocenters. The summed E-state index contributed by atoms with van der Waals surface area (Å²) >= 11 is 0. The normalized spacial score (nSPS) is 10.4. The Morgan fingerprint density at radius 3 is 2.33 bits per heavy atom. The molecule has 0 bridgehead atoms. The summed E-state index contributed by atoms with van der Waals surface area (Å²) in [4.78, 5) is 19.2. The number of anilines is 2. The highest BCUT2D eigenvalue weighted by Crippen LogP contribution is 2.20. The Kier molecular flexibility index (Phi) is 6.55. The first kappa shape index (κ1) is 18.6. The highest BCUT2D eigenvalue weighted by molar-refractivity contribution is 6.04. The van der Waals surface area contributed by atoms with Crippen molar-refractivity contribution >= 4 is 17.3 Å². The second-order valence-electron chi connectivity index (χ2n) is 6.06. The molecular formula is C22H23N3O2. The van der Waals surface area contributed by atoms with Crippen LogP contribution in [0.3, 0.4) is 0 Å². The van der Waals surface area contributed by atoms with E-state index in [0.29, 0.717) is 25.4 Å². The summed E-state index contributed by atoms with van der Waals surface area (Å²) in [5.41, 5.74) is 3.17. The zero-order valence-electron chi connectivity index (χ0n) is 15.3.